The first kappa shape index (κ1) is 20.9. The molecule has 0 spiro atoms. The van der Waals surface area contributed by atoms with Crippen LogP contribution in [0.3, 0.4) is 0 Å². The molecule has 0 aromatic heterocycles. The fraction of sp³-hybridized carbons (Fsp3) is 0.440. The standard InChI is InChI=1S/C25H29ClN2O2/c1-17-7-9-19(10-8-17)15-28-23(29)16-27(22-6-4-3-5-18(22)2)25(30)24(28)20-11-13-21(26)14-12-20/h7-14,18,22,24H,3-6,15-16H2,1-2H3/t18-,22-,24+/m1/s1. The zero-order valence-corrected chi connectivity index (χ0v) is 18.4. The molecule has 1 aliphatic carbocycles. The minimum absolute atomic E-state index is 0.00731. The number of hydrogen-bond acceptors (Lipinski definition) is 2. The lowest BCUT2D eigenvalue weighted by molar-refractivity contribution is -0.161. The molecule has 4 nitrogen and oxygen atoms in total. The third kappa shape index (κ3) is 4.24. The molecule has 0 unspecified atom stereocenters. The normalized spacial score (nSPS) is 25.0. The number of carbonyl (C=O) groups excluding carboxylic acids is 2. The number of halogens is 1. The first-order valence-electron chi connectivity index (χ1n) is 10.8. The second-order valence-corrected chi connectivity index (χ2v) is 9.19. The van der Waals surface area contributed by atoms with Gasteiger partial charge in [-0.15, -0.1) is 0 Å². The molecule has 30 heavy (non-hydrogen) atoms. The minimum Gasteiger partial charge on any atom is -0.328 e. The van der Waals surface area contributed by atoms with Crippen molar-refractivity contribution in [2.75, 3.05) is 6.54 Å². The molecular weight excluding hydrogens is 396 g/mol. The number of benzene rings is 2. The van der Waals surface area contributed by atoms with Crippen LogP contribution in [-0.2, 0) is 16.1 Å². The van der Waals surface area contributed by atoms with Crippen molar-refractivity contribution < 1.29 is 9.59 Å². The third-order valence-electron chi connectivity index (χ3n) is 6.58. The summed E-state index contributed by atoms with van der Waals surface area (Å²) in [6.07, 6.45) is 4.41. The molecule has 1 saturated heterocycles. The second kappa shape index (κ2) is 8.81. The van der Waals surface area contributed by atoms with E-state index in [-0.39, 0.29) is 24.4 Å². The highest BCUT2D eigenvalue weighted by Crippen LogP contribution is 2.35. The van der Waals surface area contributed by atoms with Crippen molar-refractivity contribution in [2.24, 2.45) is 5.92 Å². The first-order valence-corrected chi connectivity index (χ1v) is 11.2. The Labute approximate surface area is 183 Å². The fourth-order valence-electron chi connectivity index (χ4n) is 4.83. The van der Waals surface area contributed by atoms with Gasteiger partial charge in [0.2, 0.25) is 5.91 Å². The molecule has 2 fully saturated rings. The van der Waals surface area contributed by atoms with E-state index in [4.69, 9.17) is 11.6 Å². The topological polar surface area (TPSA) is 40.6 Å². The maximum absolute atomic E-state index is 13.8. The number of amides is 2. The quantitative estimate of drug-likeness (QED) is 0.681. The Morgan fingerprint density at radius 3 is 2.30 bits per heavy atom. The van der Waals surface area contributed by atoms with Gasteiger partial charge in [-0.05, 0) is 48.9 Å². The van der Waals surface area contributed by atoms with Gasteiger partial charge in [-0.25, -0.2) is 0 Å². The summed E-state index contributed by atoms with van der Waals surface area (Å²) in [6.45, 7) is 4.84. The van der Waals surface area contributed by atoms with Gasteiger partial charge in [0.05, 0.1) is 0 Å². The highest BCUT2D eigenvalue weighted by atomic mass is 35.5. The molecule has 2 aromatic rings. The van der Waals surface area contributed by atoms with E-state index in [1.807, 2.05) is 48.2 Å². The van der Waals surface area contributed by atoms with Gasteiger partial charge in [-0.2, -0.15) is 0 Å². The van der Waals surface area contributed by atoms with E-state index in [0.29, 0.717) is 17.5 Å². The zero-order chi connectivity index (χ0) is 21.3. The fourth-order valence-corrected chi connectivity index (χ4v) is 4.95. The van der Waals surface area contributed by atoms with E-state index in [1.54, 1.807) is 17.0 Å². The monoisotopic (exact) mass is 424 g/mol. The third-order valence-corrected chi connectivity index (χ3v) is 6.83. The molecule has 2 amide bonds. The van der Waals surface area contributed by atoms with Crippen LogP contribution in [0, 0.1) is 12.8 Å². The summed E-state index contributed by atoms with van der Waals surface area (Å²) in [5.74, 6) is 0.459. The molecule has 3 atom stereocenters. The molecule has 4 rings (SSSR count). The van der Waals surface area contributed by atoms with Crippen molar-refractivity contribution in [1.82, 2.24) is 9.80 Å². The van der Waals surface area contributed by atoms with Crippen LogP contribution in [0.5, 0.6) is 0 Å². The molecule has 0 radical (unpaired) electrons. The van der Waals surface area contributed by atoms with Crippen LogP contribution >= 0.6 is 11.6 Å². The lowest BCUT2D eigenvalue weighted by Gasteiger charge is -2.46. The van der Waals surface area contributed by atoms with E-state index in [0.717, 1.165) is 30.4 Å². The zero-order valence-electron chi connectivity index (χ0n) is 17.7. The van der Waals surface area contributed by atoms with Gasteiger partial charge in [-0.3, -0.25) is 9.59 Å². The van der Waals surface area contributed by atoms with E-state index in [2.05, 4.69) is 6.92 Å². The van der Waals surface area contributed by atoms with Gasteiger partial charge >= 0.3 is 0 Å². The highest BCUT2D eigenvalue weighted by molar-refractivity contribution is 6.30. The number of hydrogen-bond donors (Lipinski definition) is 0. The van der Waals surface area contributed by atoms with Gasteiger partial charge in [-0.1, -0.05) is 73.3 Å². The Morgan fingerprint density at radius 1 is 0.967 bits per heavy atom. The molecule has 0 N–H and O–H groups in total. The maximum atomic E-state index is 13.8. The largest absolute Gasteiger partial charge is 0.328 e. The Morgan fingerprint density at radius 2 is 1.63 bits per heavy atom. The molecule has 1 aliphatic heterocycles. The van der Waals surface area contributed by atoms with E-state index < -0.39 is 6.04 Å². The highest BCUT2D eigenvalue weighted by Gasteiger charge is 2.44. The number of carbonyl (C=O) groups is 2. The summed E-state index contributed by atoms with van der Waals surface area (Å²) in [6, 6.07) is 15.0. The van der Waals surface area contributed by atoms with Gasteiger partial charge in [0.15, 0.2) is 0 Å². The van der Waals surface area contributed by atoms with Crippen molar-refractivity contribution in [2.45, 2.75) is 58.2 Å². The second-order valence-electron chi connectivity index (χ2n) is 8.76. The lowest BCUT2D eigenvalue weighted by atomic mass is 9.83. The summed E-state index contributed by atoms with van der Waals surface area (Å²) < 4.78 is 0. The predicted octanol–water partition coefficient (Wildman–Crippen LogP) is 5.14. The smallest absolute Gasteiger partial charge is 0.250 e. The Bertz CT molecular complexity index is 910. The number of piperazine rings is 1. The molecule has 158 valence electrons. The minimum atomic E-state index is -0.612. The molecule has 2 aromatic carbocycles. The molecular formula is C25H29ClN2O2. The van der Waals surface area contributed by atoms with Crippen LogP contribution in [0.25, 0.3) is 0 Å². The van der Waals surface area contributed by atoms with Gasteiger partial charge in [0, 0.05) is 17.6 Å². The van der Waals surface area contributed by atoms with Crippen LogP contribution < -0.4 is 0 Å². The molecule has 2 aliphatic rings. The number of aryl methyl sites for hydroxylation is 1. The van der Waals surface area contributed by atoms with Crippen LogP contribution in [0.4, 0.5) is 0 Å². The van der Waals surface area contributed by atoms with Gasteiger partial charge < -0.3 is 9.80 Å². The summed E-state index contributed by atoms with van der Waals surface area (Å²) in [5, 5.41) is 0.621. The first-order chi connectivity index (χ1) is 14.4. The van der Waals surface area contributed by atoms with Crippen molar-refractivity contribution in [1.29, 1.82) is 0 Å². The van der Waals surface area contributed by atoms with Gasteiger partial charge in [0.25, 0.3) is 5.91 Å². The van der Waals surface area contributed by atoms with E-state index in [1.165, 1.54) is 12.0 Å². The van der Waals surface area contributed by atoms with Crippen molar-refractivity contribution in [3.8, 4) is 0 Å². The van der Waals surface area contributed by atoms with Crippen molar-refractivity contribution >= 4 is 23.4 Å². The van der Waals surface area contributed by atoms with Crippen LogP contribution in [-0.4, -0.2) is 34.2 Å². The molecule has 1 heterocycles. The lowest BCUT2D eigenvalue weighted by Crippen LogP contribution is -2.59. The molecule has 1 saturated carbocycles. The van der Waals surface area contributed by atoms with Gasteiger partial charge in [0.1, 0.15) is 12.6 Å². The predicted molar refractivity (Wildman–Crippen MR) is 119 cm³/mol. The SMILES string of the molecule is Cc1ccc(CN2C(=O)CN([C@@H]3CCCC[C@H]3C)C(=O)[C@@H]2c2ccc(Cl)cc2)cc1. The van der Waals surface area contributed by atoms with Crippen LogP contribution in [0.2, 0.25) is 5.02 Å². The molecule has 0 bridgehead atoms. The van der Waals surface area contributed by atoms with Crippen molar-refractivity contribution in [3.05, 3.63) is 70.2 Å². The van der Waals surface area contributed by atoms with Crippen LogP contribution in [0.1, 0.15) is 55.3 Å². The maximum Gasteiger partial charge on any atom is 0.250 e. The summed E-state index contributed by atoms with van der Waals surface area (Å²) in [4.78, 5) is 30.7. The average molecular weight is 425 g/mol. The van der Waals surface area contributed by atoms with Crippen LogP contribution in [0.15, 0.2) is 48.5 Å². The van der Waals surface area contributed by atoms with Crippen molar-refractivity contribution in [3.63, 3.8) is 0 Å². The summed E-state index contributed by atoms with van der Waals surface area (Å²) >= 11 is 6.09. The Balaban J connectivity index is 1.68. The number of rotatable bonds is 4. The average Bonchev–Trinajstić information content (AvgIpc) is 2.74. The Kier molecular flexibility index (Phi) is 6.14. The number of nitrogens with zero attached hydrogens (tertiary/aromatic N) is 2. The summed E-state index contributed by atoms with van der Waals surface area (Å²) in [7, 11) is 0. The van der Waals surface area contributed by atoms with E-state index in [9.17, 15) is 9.59 Å². The van der Waals surface area contributed by atoms with E-state index >= 15 is 0 Å². The Hall–Kier alpha value is -2.33. The summed E-state index contributed by atoms with van der Waals surface area (Å²) in [5.41, 5.74) is 3.02. The molecule has 5 heteroatoms.